The Labute approximate surface area is 125 Å². The van der Waals surface area contributed by atoms with E-state index >= 15 is 0 Å². The number of hydrogen-bond donors (Lipinski definition) is 2. The maximum Gasteiger partial charge on any atom is 0.242 e. The number of hydrogen-bond acceptors (Lipinski definition) is 5. The highest BCUT2D eigenvalue weighted by Crippen LogP contribution is 2.21. The summed E-state index contributed by atoms with van der Waals surface area (Å²) in [6, 6.07) is 5.29. The van der Waals surface area contributed by atoms with Crippen LogP contribution in [0, 0.1) is 11.8 Å². The van der Waals surface area contributed by atoms with Gasteiger partial charge in [0.2, 0.25) is 12.3 Å². The summed E-state index contributed by atoms with van der Waals surface area (Å²) in [5.74, 6) is 6.94. The van der Waals surface area contributed by atoms with Gasteiger partial charge in [0, 0.05) is 23.5 Å². The molecular weight excluding hydrogens is 282 g/mol. The highest BCUT2D eigenvalue weighted by atomic mass is 16.5. The molecule has 3 heterocycles. The maximum atomic E-state index is 10.4. The van der Waals surface area contributed by atoms with Gasteiger partial charge in [0.25, 0.3) is 0 Å². The van der Waals surface area contributed by atoms with E-state index in [4.69, 9.17) is 4.74 Å². The van der Waals surface area contributed by atoms with E-state index in [1.54, 1.807) is 31.6 Å². The Kier molecular flexibility index (Phi) is 3.66. The Bertz CT molecular complexity index is 892. The number of H-pyrrole nitrogens is 1. The molecule has 22 heavy (non-hydrogen) atoms. The van der Waals surface area contributed by atoms with Crippen LogP contribution in [0.5, 0.6) is 5.88 Å². The van der Waals surface area contributed by atoms with Crippen molar-refractivity contribution in [2.24, 2.45) is 0 Å². The van der Waals surface area contributed by atoms with Crippen molar-refractivity contribution in [3.63, 3.8) is 0 Å². The summed E-state index contributed by atoms with van der Waals surface area (Å²) in [6.45, 7) is 0. The maximum absolute atomic E-state index is 10.4. The summed E-state index contributed by atoms with van der Waals surface area (Å²) in [6.07, 6.45) is 3.80. The molecule has 0 spiro atoms. The van der Waals surface area contributed by atoms with Gasteiger partial charge in [-0.3, -0.25) is 9.89 Å². The Morgan fingerprint density at radius 3 is 2.95 bits per heavy atom. The number of rotatable bonds is 3. The predicted octanol–water partition coefficient (Wildman–Crippen LogP) is 1.33. The normalized spacial score (nSPS) is 9.86. The minimum absolute atomic E-state index is 0.451. The van der Waals surface area contributed by atoms with Crippen LogP contribution in [-0.4, -0.2) is 33.7 Å². The first-order chi connectivity index (χ1) is 10.8. The molecular formula is C15H11N5O2. The van der Waals surface area contributed by atoms with Crippen LogP contribution in [0.4, 0.5) is 5.82 Å². The van der Waals surface area contributed by atoms with Crippen molar-refractivity contribution in [3.05, 3.63) is 41.7 Å². The van der Waals surface area contributed by atoms with E-state index in [9.17, 15) is 4.79 Å². The zero-order valence-corrected chi connectivity index (χ0v) is 11.6. The number of nitrogens with zero attached hydrogens (tertiary/aromatic N) is 3. The number of aromatic amines is 1. The van der Waals surface area contributed by atoms with Gasteiger partial charge in [0.15, 0.2) is 5.65 Å². The van der Waals surface area contributed by atoms with Crippen molar-refractivity contribution in [2.45, 2.75) is 0 Å². The second-order valence-corrected chi connectivity index (χ2v) is 4.29. The van der Waals surface area contributed by atoms with E-state index in [2.05, 4.69) is 37.3 Å². The number of ether oxygens (including phenoxy) is 1. The summed E-state index contributed by atoms with van der Waals surface area (Å²) in [7, 11) is 1.55. The molecule has 0 aliphatic rings. The number of nitrogens with one attached hydrogen (secondary N) is 2. The summed E-state index contributed by atoms with van der Waals surface area (Å²) < 4.78 is 5.15. The van der Waals surface area contributed by atoms with E-state index in [-0.39, 0.29) is 0 Å². The van der Waals surface area contributed by atoms with Crippen molar-refractivity contribution in [2.75, 3.05) is 12.4 Å². The van der Waals surface area contributed by atoms with Gasteiger partial charge >= 0.3 is 0 Å². The molecule has 2 N–H and O–H groups in total. The van der Waals surface area contributed by atoms with E-state index in [1.807, 2.05) is 6.07 Å². The van der Waals surface area contributed by atoms with E-state index in [1.165, 1.54) is 0 Å². The van der Waals surface area contributed by atoms with Crippen LogP contribution in [0.2, 0.25) is 0 Å². The van der Waals surface area contributed by atoms with Crippen LogP contribution in [-0.2, 0) is 4.79 Å². The molecule has 0 fully saturated rings. The lowest BCUT2D eigenvalue weighted by Gasteiger charge is -1.97. The van der Waals surface area contributed by atoms with Crippen molar-refractivity contribution < 1.29 is 9.53 Å². The monoisotopic (exact) mass is 293 g/mol. The van der Waals surface area contributed by atoms with Crippen LogP contribution < -0.4 is 10.1 Å². The third-order valence-electron chi connectivity index (χ3n) is 2.89. The zero-order valence-electron chi connectivity index (χ0n) is 11.6. The van der Waals surface area contributed by atoms with Crippen LogP contribution >= 0.6 is 0 Å². The lowest BCUT2D eigenvalue weighted by molar-refractivity contribution is -0.105. The number of carbonyl (C=O) groups excluding carboxylic acids is 1. The second kappa shape index (κ2) is 5.93. The minimum Gasteiger partial charge on any atom is -0.479 e. The third kappa shape index (κ3) is 2.71. The molecule has 0 unspecified atom stereocenters. The number of aromatic nitrogens is 4. The predicted molar refractivity (Wildman–Crippen MR) is 80.3 cm³/mol. The first kappa shape index (κ1) is 13.6. The van der Waals surface area contributed by atoms with Gasteiger partial charge < -0.3 is 10.1 Å². The molecule has 1 amide bonds. The zero-order chi connectivity index (χ0) is 15.4. The molecule has 108 valence electrons. The van der Waals surface area contributed by atoms with Crippen LogP contribution in [0.15, 0.2) is 30.6 Å². The van der Waals surface area contributed by atoms with Gasteiger partial charge in [0.05, 0.1) is 12.5 Å². The molecule has 7 heteroatoms. The smallest absolute Gasteiger partial charge is 0.242 e. The molecule has 3 aromatic rings. The van der Waals surface area contributed by atoms with Gasteiger partial charge in [-0.15, -0.1) is 5.10 Å². The SMILES string of the molecule is COc1n[nH]c2ncc(C#Cc3ccnc(NC=O)c3)cc12. The molecule has 0 atom stereocenters. The van der Waals surface area contributed by atoms with Crippen molar-refractivity contribution >= 4 is 23.3 Å². The number of methoxy groups -OCH3 is 1. The van der Waals surface area contributed by atoms with E-state index in [0.29, 0.717) is 23.8 Å². The quantitative estimate of drug-likeness (QED) is 0.561. The third-order valence-corrected chi connectivity index (χ3v) is 2.89. The van der Waals surface area contributed by atoms with E-state index in [0.717, 1.165) is 16.5 Å². The van der Waals surface area contributed by atoms with Crippen LogP contribution in [0.25, 0.3) is 11.0 Å². The van der Waals surface area contributed by atoms with Gasteiger partial charge in [-0.1, -0.05) is 11.8 Å². The number of anilines is 1. The molecule has 3 rings (SSSR count). The average molecular weight is 293 g/mol. The number of pyridine rings is 2. The van der Waals surface area contributed by atoms with Gasteiger partial charge in [-0.25, -0.2) is 9.97 Å². The lowest BCUT2D eigenvalue weighted by atomic mass is 10.2. The molecule has 0 aliphatic heterocycles. The average Bonchev–Trinajstić information content (AvgIpc) is 2.96. The minimum atomic E-state index is 0.451. The van der Waals surface area contributed by atoms with Crippen molar-refractivity contribution in [1.82, 2.24) is 20.2 Å². The van der Waals surface area contributed by atoms with Crippen LogP contribution in [0.3, 0.4) is 0 Å². The summed E-state index contributed by atoms with van der Waals surface area (Å²) >= 11 is 0. The van der Waals surface area contributed by atoms with Gasteiger partial charge in [-0.05, 0) is 18.2 Å². The highest BCUT2D eigenvalue weighted by molar-refractivity contribution is 5.81. The molecule has 0 radical (unpaired) electrons. The standard InChI is InChI=1S/C15H11N5O2/c1-22-15-12-6-11(8-17-14(12)19-20-15)3-2-10-4-5-16-13(7-10)18-9-21/h4-9H,1H3,(H,16,18,21)(H,17,19,20). The summed E-state index contributed by atoms with van der Waals surface area (Å²) in [5, 5.41) is 10.0. The fraction of sp³-hybridized carbons (Fsp3) is 0.0667. The fourth-order valence-electron chi connectivity index (χ4n) is 1.90. The fourth-order valence-corrected chi connectivity index (χ4v) is 1.90. The lowest BCUT2D eigenvalue weighted by Crippen LogP contribution is -1.96. The van der Waals surface area contributed by atoms with Gasteiger partial charge in [-0.2, -0.15) is 0 Å². The Morgan fingerprint density at radius 2 is 2.14 bits per heavy atom. The van der Waals surface area contributed by atoms with Gasteiger partial charge in [0.1, 0.15) is 5.82 Å². The molecule has 3 aromatic heterocycles. The molecule has 0 saturated carbocycles. The Hall–Kier alpha value is -3.40. The first-order valence-electron chi connectivity index (χ1n) is 6.36. The largest absolute Gasteiger partial charge is 0.479 e. The highest BCUT2D eigenvalue weighted by Gasteiger charge is 2.06. The second-order valence-electron chi connectivity index (χ2n) is 4.29. The first-order valence-corrected chi connectivity index (χ1v) is 6.36. The summed E-state index contributed by atoms with van der Waals surface area (Å²) in [4.78, 5) is 18.6. The number of carbonyl (C=O) groups is 1. The number of amides is 1. The topological polar surface area (TPSA) is 92.8 Å². The summed E-state index contributed by atoms with van der Waals surface area (Å²) in [5.41, 5.74) is 2.11. The molecule has 7 nitrogen and oxygen atoms in total. The van der Waals surface area contributed by atoms with Crippen LogP contribution in [0.1, 0.15) is 11.1 Å². The Morgan fingerprint density at radius 1 is 1.27 bits per heavy atom. The van der Waals surface area contributed by atoms with Crippen molar-refractivity contribution in [3.8, 4) is 17.7 Å². The molecule has 0 aromatic carbocycles. The Balaban J connectivity index is 1.93. The van der Waals surface area contributed by atoms with Crippen molar-refractivity contribution in [1.29, 1.82) is 0 Å². The van der Waals surface area contributed by atoms with E-state index < -0.39 is 0 Å². The molecule has 0 bridgehead atoms. The molecule has 0 saturated heterocycles. The molecule has 0 aliphatic carbocycles. The number of fused-ring (bicyclic) bond motifs is 1.